The lowest BCUT2D eigenvalue weighted by atomic mass is 10.0. The zero-order valence-corrected chi connectivity index (χ0v) is 25.4. The Hall–Kier alpha value is -3.07. The van der Waals surface area contributed by atoms with E-state index in [1.54, 1.807) is 37.3 Å². The van der Waals surface area contributed by atoms with E-state index in [-0.39, 0.29) is 24.8 Å². The third-order valence-corrected chi connectivity index (χ3v) is 8.39. The second-order valence-electron chi connectivity index (χ2n) is 9.84. The topological polar surface area (TPSA) is 86.8 Å². The van der Waals surface area contributed by atoms with Crippen LogP contribution >= 0.6 is 23.2 Å². The highest BCUT2D eigenvalue weighted by atomic mass is 35.5. The van der Waals surface area contributed by atoms with Gasteiger partial charge in [-0.2, -0.15) is 0 Å². The molecule has 0 bridgehead atoms. The SMILES string of the molecule is CCNC(=O)[C@H](Cc1ccccc1)N(Cc1c(Cl)cccc1Cl)C(=O)CN(c1ccc(C(C)C)cc1)S(C)(=O)=O. The molecule has 10 heteroatoms. The van der Waals surface area contributed by atoms with E-state index in [2.05, 4.69) is 5.32 Å². The number of amides is 2. The molecule has 0 heterocycles. The number of rotatable bonds is 12. The summed E-state index contributed by atoms with van der Waals surface area (Å²) in [5.41, 5.74) is 2.70. The maximum Gasteiger partial charge on any atom is 0.244 e. The van der Waals surface area contributed by atoms with Crippen molar-refractivity contribution in [2.75, 3.05) is 23.7 Å². The number of benzene rings is 3. The summed E-state index contributed by atoms with van der Waals surface area (Å²) in [5.74, 6) is -0.675. The van der Waals surface area contributed by atoms with Crippen LogP contribution in [0, 0.1) is 0 Å². The Bertz CT molecular complexity index is 1390. The van der Waals surface area contributed by atoms with Crippen LogP contribution in [0.5, 0.6) is 0 Å². The van der Waals surface area contributed by atoms with Crippen molar-refractivity contribution in [3.05, 3.63) is 99.5 Å². The lowest BCUT2D eigenvalue weighted by Crippen LogP contribution is -2.53. The highest BCUT2D eigenvalue weighted by Gasteiger charge is 2.33. The van der Waals surface area contributed by atoms with Gasteiger partial charge in [0, 0.05) is 35.1 Å². The van der Waals surface area contributed by atoms with Gasteiger partial charge in [0.05, 0.1) is 11.9 Å². The van der Waals surface area contributed by atoms with Gasteiger partial charge in [-0.3, -0.25) is 13.9 Å². The number of hydrogen-bond acceptors (Lipinski definition) is 4. The quantitative estimate of drug-likeness (QED) is 0.289. The average molecular weight is 605 g/mol. The first-order valence-electron chi connectivity index (χ1n) is 13.0. The maximum absolute atomic E-state index is 14.1. The number of carbonyl (C=O) groups excluding carboxylic acids is 2. The molecule has 3 aromatic carbocycles. The number of halogens is 2. The van der Waals surface area contributed by atoms with Crippen LogP contribution in [0.25, 0.3) is 0 Å². The van der Waals surface area contributed by atoms with E-state index in [1.165, 1.54) is 4.90 Å². The van der Waals surface area contributed by atoms with E-state index in [0.29, 0.717) is 27.8 Å². The minimum atomic E-state index is -3.85. The van der Waals surface area contributed by atoms with Gasteiger partial charge in [-0.15, -0.1) is 0 Å². The van der Waals surface area contributed by atoms with Crippen molar-refractivity contribution in [2.24, 2.45) is 0 Å². The fraction of sp³-hybridized carbons (Fsp3) is 0.333. The van der Waals surface area contributed by atoms with Crippen LogP contribution < -0.4 is 9.62 Å². The first-order chi connectivity index (χ1) is 18.9. The van der Waals surface area contributed by atoms with Gasteiger partial charge in [-0.05, 0) is 48.2 Å². The van der Waals surface area contributed by atoms with Crippen molar-refractivity contribution in [3.63, 3.8) is 0 Å². The van der Waals surface area contributed by atoms with Crippen molar-refractivity contribution < 1.29 is 18.0 Å². The van der Waals surface area contributed by atoms with E-state index in [1.807, 2.05) is 56.3 Å². The molecule has 1 N–H and O–H groups in total. The summed E-state index contributed by atoms with van der Waals surface area (Å²) in [6.07, 6.45) is 1.26. The van der Waals surface area contributed by atoms with Gasteiger partial charge in [0.2, 0.25) is 21.8 Å². The van der Waals surface area contributed by atoms with Crippen molar-refractivity contribution in [2.45, 2.75) is 45.7 Å². The number of likely N-dealkylation sites (N-methyl/N-ethyl adjacent to an activating group) is 1. The minimum absolute atomic E-state index is 0.0874. The zero-order chi connectivity index (χ0) is 29.4. The van der Waals surface area contributed by atoms with Crippen molar-refractivity contribution >= 4 is 50.7 Å². The maximum atomic E-state index is 14.1. The summed E-state index contributed by atoms with van der Waals surface area (Å²) in [5, 5.41) is 3.49. The van der Waals surface area contributed by atoms with Crippen molar-refractivity contribution in [1.82, 2.24) is 10.2 Å². The first-order valence-corrected chi connectivity index (χ1v) is 15.6. The second kappa shape index (κ2) is 14.0. The summed E-state index contributed by atoms with van der Waals surface area (Å²) in [6, 6.07) is 20.4. The van der Waals surface area contributed by atoms with Crippen LogP contribution in [0.3, 0.4) is 0 Å². The first kappa shape index (κ1) is 31.5. The van der Waals surface area contributed by atoms with Gasteiger partial charge in [0.25, 0.3) is 0 Å². The molecule has 40 heavy (non-hydrogen) atoms. The van der Waals surface area contributed by atoms with E-state index < -0.39 is 28.5 Å². The van der Waals surface area contributed by atoms with Gasteiger partial charge in [-0.1, -0.05) is 85.6 Å². The Kier molecular flexibility index (Phi) is 11.0. The van der Waals surface area contributed by atoms with E-state index in [4.69, 9.17) is 23.2 Å². The number of nitrogens with zero attached hydrogens (tertiary/aromatic N) is 2. The standard InChI is InChI=1S/C30H35Cl2N3O4S/c1-5-33-30(37)28(18-22-10-7-6-8-11-22)34(19-25-26(31)12-9-13-27(25)32)29(36)20-35(40(4,38)39)24-16-14-23(15-17-24)21(2)3/h6-17,21,28H,5,18-20H2,1-4H3,(H,33,37)/t28-/m0/s1. The Labute approximate surface area is 247 Å². The normalized spacial score (nSPS) is 12.2. The van der Waals surface area contributed by atoms with Gasteiger partial charge < -0.3 is 10.2 Å². The molecule has 214 valence electrons. The van der Waals surface area contributed by atoms with Crippen molar-refractivity contribution in [3.8, 4) is 0 Å². The van der Waals surface area contributed by atoms with Crippen LogP contribution in [0.2, 0.25) is 10.0 Å². The predicted molar refractivity (Wildman–Crippen MR) is 162 cm³/mol. The van der Waals surface area contributed by atoms with Gasteiger partial charge in [-0.25, -0.2) is 8.42 Å². The van der Waals surface area contributed by atoms with Crippen LogP contribution in [0.1, 0.15) is 43.4 Å². The third kappa shape index (κ3) is 8.22. The number of hydrogen-bond donors (Lipinski definition) is 1. The monoisotopic (exact) mass is 603 g/mol. The van der Waals surface area contributed by atoms with Crippen LogP contribution in [-0.4, -0.2) is 50.5 Å². The summed E-state index contributed by atoms with van der Waals surface area (Å²) in [4.78, 5) is 28.8. The fourth-order valence-corrected chi connectivity index (χ4v) is 5.71. The Balaban J connectivity index is 2.07. The molecule has 0 fully saturated rings. The van der Waals surface area contributed by atoms with E-state index in [9.17, 15) is 18.0 Å². The Morgan fingerprint density at radius 2 is 1.50 bits per heavy atom. The molecule has 0 radical (unpaired) electrons. The van der Waals surface area contributed by atoms with Gasteiger partial charge >= 0.3 is 0 Å². The second-order valence-corrected chi connectivity index (χ2v) is 12.6. The minimum Gasteiger partial charge on any atom is -0.355 e. The molecular weight excluding hydrogens is 569 g/mol. The van der Waals surface area contributed by atoms with Crippen LogP contribution in [0.15, 0.2) is 72.8 Å². The Morgan fingerprint density at radius 1 is 0.900 bits per heavy atom. The van der Waals surface area contributed by atoms with Gasteiger partial charge in [0.1, 0.15) is 12.6 Å². The lowest BCUT2D eigenvalue weighted by Gasteiger charge is -2.34. The molecule has 0 aliphatic rings. The molecular formula is C30H35Cl2N3O4S. The third-order valence-electron chi connectivity index (χ3n) is 6.54. The summed E-state index contributed by atoms with van der Waals surface area (Å²) >= 11 is 12.9. The fourth-order valence-electron chi connectivity index (χ4n) is 4.34. The number of sulfonamides is 1. The molecule has 0 aliphatic heterocycles. The molecule has 2 amide bonds. The zero-order valence-electron chi connectivity index (χ0n) is 23.1. The van der Waals surface area contributed by atoms with E-state index in [0.717, 1.165) is 21.7 Å². The molecule has 3 aromatic rings. The molecule has 0 unspecified atom stereocenters. The molecule has 0 spiro atoms. The van der Waals surface area contributed by atoms with Gasteiger partial charge in [0.15, 0.2) is 0 Å². The number of nitrogens with one attached hydrogen (secondary N) is 1. The van der Waals surface area contributed by atoms with Crippen LogP contribution in [0.4, 0.5) is 5.69 Å². The molecule has 1 atom stereocenters. The molecule has 0 aliphatic carbocycles. The molecule has 0 saturated heterocycles. The average Bonchev–Trinajstić information content (AvgIpc) is 2.90. The summed E-state index contributed by atoms with van der Waals surface area (Å²) < 4.78 is 26.9. The molecule has 0 saturated carbocycles. The Morgan fingerprint density at radius 3 is 2.02 bits per heavy atom. The summed E-state index contributed by atoms with van der Waals surface area (Å²) in [7, 11) is -3.85. The van der Waals surface area contributed by atoms with E-state index >= 15 is 0 Å². The van der Waals surface area contributed by atoms with Crippen LogP contribution in [-0.2, 0) is 32.6 Å². The summed E-state index contributed by atoms with van der Waals surface area (Å²) in [6.45, 7) is 5.64. The lowest BCUT2D eigenvalue weighted by molar-refractivity contribution is -0.140. The highest BCUT2D eigenvalue weighted by molar-refractivity contribution is 7.92. The molecule has 0 aromatic heterocycles. The largest absolute Gasteiger partial charge is 0.355 e. The number of carbonyl (C=O) groups is 2. The smallest absolute Gasteiger partial charge is 0.244 e. The number of anilines is 1. The van der Waals surface area contributed by atoms with Crippen molar-refractivity contribution in [1.29, 1.82) is 0 Å². The highest BCUT2D eigenvalue weighted by Crippen LogP contribution is 2.28. The molecule has 7 nitrogen and oxygen atoms in total. The predicted octanol–water partition coefficient (Wildman–Crippen LogP) is 5.66. The molecule has 3 rings (SSSR count).